The second kappa shape index (κ2) is 6.27. The minimum absolute atomic E-state index is 0.324. The van der Waals surface area contributed by atoms with Gasteiger partial charge >= 0.3 is 6.16 Å². The number of nitrogen functional groups attached to an aromatic ring is 2. The summed E-state index contributed by atoms with van der Waals surface area (Å²) in [6, 6.07) is 3.57. The number of hydrogen-bond donors (Lipinski definition) is 2. The number of aromatic nitrogens is 1. The molecule has 0 unspecified atom stereocenters. The number of ether oxygens (including phenoxy) is 1. The molecule has 0 saturated carbocycles. The molecule has 0 atom stereocenters. The first-order chi connectivity index (χ1) is 10.2. The van der Waals surface area contributed by atoms with Crippen molar-refractivity contribution in [3.63, 3.8) is 0 Å². The van der Waals surface area contributed by atoms with Gasteiger partial charge in [0.05, 0.1) is 18.8 Å². The van der Waals surface area contributed by atoms with E-state index in [1.807, 2.05) is 6.07 Å². The van der Waals surface area contributed by atoms with Crippen LogP contribution in [0.15, 0.2) is 12.1 Å². The summed E-state index contributed by atoms with van der Waals surface area (Å²) in [5.41, 5.74) is 11.3. The van der Waals surface area contributed by atoms with Gasteiger partial charge in [-0.05, 0) is 32.9 Å². The van der Waals surface area contributed by atoms with Gasteiger partial charge in [-0.3, -0.25) is 0 Å². The van der Waals surface area contributed by atoms with Crippen LogP contribution in [-0.2, 0) is 9.57 Å². The van der Waals surface area contributed by atoms with Crippen molar-refractivity contribution in [1.29, 1.82) is 0 Å². The van der Waals surface area contributed by atoms with Crippen LogP contribution in [0.2, 0.25) is 0 Å². The van der Waals surface area contributed by atoms with Gasteiger partial charge in [0.1, 0.15) is 17.2 Å². The number of pyridine rings is 1. The number of piperazine rings is 1. The van der Waals surface area contributed by atoms with E-state index in [-0.39, 0.29) is 0 Å². The Morgan fingerprint density at radius 1 is 1.18 bits per heavy atom. The molecular weight excluding hydrogens is 286 g/mol. The Balaban J connectivity index is 1.85. The van der Waals surface area contributed by atoms with Crippen LogP contribution >= 0.6 is 0 Å². The second-order valence-corrected chi connectivity index (χ2v) is 6.12. The molecule has 1 fully saturated rings. The van der Waals surface area contributed by atoms with E-state index in [1.54, 1.807) is 31.9 Å². The van der Waals surface area contributed by atoms with E-state index in [2.05, 4.69) is 9.88 Å². The number of anilines is 3. The molecule has 22 heavy (non-hydrogen) atoms. The molecule has 0 radical (unpaired) electrons. The van der Waals surface area contributed by atoms with Gasteiger partial charge < -0.3 is 25.9 Å². The minimum Gasteiger partial charge on any atom is -0.427 e. The first-order valence-electron chi connectivity index (χ1n) is 7.17. The summed E-state index contributed by atoms with van der Waals surface area (Å²) in [5, 5.41) is 1.59. The summed E-state index contributed by atoms with van der Waals surface area (Å²) in [4.78, 5) is 23.1. The maximum absolute atomic E-state index is 11.6. The van der Waals surface area contributed by atoms with Crippen LogP contribution < -0.4 is 16.4 Å². The molecular formula is C14H23N5O3. The number of rotatable bonds is 2. The number of hydrogen-bond acceptors (Lipinski definition) is 8. The molecule has 4 N–H and O–H groups in total. The Morgan fingerprint density at radius 3 is 2.36 bits per heavy atom. The standard InChI is InChI=1S/C14H23N5O3/c1-14(2,3)21-13(20)22-19-8-6-18(7-9-19)11-5-4-10(15)12(16)17-11/h4-5H,6-9,15H2,1-3H3,(H2,16,17). The molecule has 8 heteroatoms. The number of nitrogens with zero attached hydrogens (tertiary/aromatic N) is 3. The molecule has 1 aromatic heterocycles. The van der Waals surface area contributed by atoms with Crippen LogP contribution in [0.1, 0.15) is 20.8 Å². The zero-order valence-corrected chi connectivity index (χ0v) is 13.2. The molecule has 0 bridgehead atoms. The number of carbonyl (C=O) groups is 1. The highest BCUT2D eigenvalue weighted by Gasteiger charge is 2.24. The summed E-state index contributed by atoms with van der Waals surface area (Å²) in [6.45, 7) is 7.84. The smallest absolute Gasteiger partial charge is 0.427 e. The lowest BCUT2D eigenvalue weighted by Gasteiger charge is -2.34. The van der Waals surface area contributed by atoms with E-state index in [1.165, 1.54) is 0 Å². The third-order valence-electron chi connectivity index (χ3n) is 3.10. The predicted molar refractivity (Wildman–Crippen MR) is 84.2 cm³/mol. The average Bonchev–Trinajstić information content (AvgIpc) is 2.40. The van der Waals surface area contributed by atoms with E-state index < -0.39 is 11.8 Å². The van der Waals surface area contributed by atoms with E-state index in [0.717, 1.165) is 5.82 Å². The molecule has 0 aromatic carbocycles. The largest absolute Gasteiger partial charge is 0.528 e. The highest BCUT2D eigenvalue weighted by molar-refractivity contribution is 5.62. The van der Waals surface area contributed by atoms with Gasteiger partial charge in [0.2, 0.25) is 0 Å². The summed E-state index contributed by atoms with van der Waals surface area (Å²) in [6.07, 6.45) is -0.684. The predicted octanol–water partition coefficient (Wildman–Crippen LogP) is 1.23. The molecule has 1 aromatic rings. The SMILES string of the molecule is CC(C)(C)OC(=O)ON1CCN(c2ccc(N)c(N)n2)CC1. The van der Waals surface area contributed by atoms with Crippen molar-refractivity contribution in [2.24, 2.45) is 0 Å². The van der Waals surface area contributed by atoms with Crippen molar-refractivity contribution in [3.8, 4) is 0 Å². The van der Waals surface area contributed by atoms with E-state index in [9.17, 15) is 4.79 Å². The average molecular weight is 309 g/mol. The lowest BCUT2D eigenvalue weighted by Crippen LogP contribution is -2.47. The van der Waals surface area contributed by atoms with Gasteiger partial charge in [-0.25, -0.2) is 9.78 Å². The van der Waals surface area contributed by atoms with E-state index in [4.69, 9.17) is 21.0 Å². The van der Waals surface area contributed by atoms with Crippen LogP contribution in [0, 0.1) is 0 Å². The Hall–Kier alpha value is -2.22. The third kappa shape index (κ3) is 4.39. The topological polar surface area (TPSA) is 107 Å². The number of nitrogens with two attached hydrogens (primary N) is 2. The van der Waals surface area contributed by atoms with Crippen LogP contribution in [-0.4, -0.2) is 48.0 Å². The lowest BCUT2D eigenvalue weighted by molar-refractivity contribution is -0.144. The summed E-state index contributed by atoms with van der Waals surface area (Å²) in [5.74, 6) is 1.09. The van der Waals surface area contributed by atoms with E-state index >= 15 is 0 Å². The van der Waals surface area contributed by atoms with Crippen LogP contribution in [0.4, 0.5) is 22.1 Å². The molecule has 0 aliphatic carbocycles. The maximum Gasteiger partial charge on any atom is 0.528 e. The molecule has 2 rings (SSSR count). The maximum atomic E-state index is 11.6. The summed E-state index contributed by atoms with van der Waals surface area (Å²) < 4.78 is 5.12. The van der Waals surface area contributed by atoms with Crippen LogP contribution in [0.3, 0.4) is 0 Å². The number of hydroxylamine groups is 2. The van der Waals surface area contributed by atoms with Gasteiger partial charge in [0, 0.05) is 13.1 Å². The van der Waals surface area contributed by atoms with Crippen molar-refractivity contribution in [2.45, 2.75) is 26.4 Å². The minimum atomic E-state index is -0.684. The number of carbonyl (C=O) groups excluding carboxylic acids is 1. The molecule has 122 valence electrons. The zero-order chi connectivity index (χ0) is 16.3. The highest BCUT2D eigenvalue weighted by atomic mass is 16.8. The molecule has 2 heterocycles. The zero-order valence-electron chi connectivity index (χ0n) is 13.2. The summed E-state index contributed by atoms with van der Waals surface area (Å²) in [7, 11) is 0. The molecule has 8 nitrogen and oxygen atoms in total. The van der Waals surface area contributed by atoms with Gasteiger partial charge in [-0.1, -0.05) is 0 Å². The fraction of sp³-hybridized carbons (Fsp3) is 0.571. The molecule has 0 amide bonds. The third-order valence-corrected chi connectivity index (χ3v) is 3.10. The van der Waals surface area contributed by atoms with Gasteiger partial charge in [-0.15, -0.1) is 5.06 Å². The first kappa shape index (κ1) is 16.2. The Labute approximate surface area is 129 Å². The first-order valence-corrected chi connectivity index (χ1v) is 7.17. The van der Waals surface area contributed by atoms with Gasteiger partial charge in [0.15, 0.2) is 0 Å². The van der Waals surface area contributed by atoms with Crippen LogP contribution in [0.5, 0.6) is 0 Å². The normalized spacial score (nSPS) is 16.4. The second-order valence-electron chi connectivity index (χ2n) is 6.12. The van der Waals surface area contributed by atoms with Crippen molar-refractivity contribution in [1.82, 2.24) is 10.0 Å². The molecule has 0 spiro atoms. The van der Waals surface area contributed by atoms with Crippen molar-refractivity contribution >= 4 is 23.5 Å². The highest BCUT2D eigenvalue weighted by Crippen LogP contribution is 2.20. The van der Waals surface area contributed by atoms with Crippen molar-refractivity contribution < 1.29 is 14.4 Å². The molecule has 1 aliphatic heterocycles. The monoisotopic (exact) mass is 309 g/mol. The Kier molecular flexibility index (Phi) is 4.60. The van der Waals surface area contributed by atoms with Gasteiger partial charge in [0.25, 0.3) is 0 Å². The van der Waals surface area contributed by atoms with Gasteiger partial charge in [-0.2, -0.15) is 0 Å². The fourth-order valence-corrected chi connectivity index (χ4v) is 2.03. The quantitative estimate of drug-likeness (QED) is 0.786. The van der Waals surface area contributed by atoms with Crippen LogP contribution in [0.25, 0.3) is 0 Å². The fourth-order valence-electron chi connectivity index (χ4n) is 2.03. The van der Waals surface area contributed by atoms with Crippen molar-refractivity contribution in [3.05, 3.63) is 12.1 Å². The molecule has 1 aliphatic rings. The Morgan fingerprint density at radius 2 is 1.82 bits per heavy atom. The van der Waals surface area contributed by atoms with Crippen molar-refractivity contribution in [2.75, 3.05) is 42.5 Å². The summed E-state index contributed by atoms with van der Waals surface area (Å²) >= 11 is 0. The van der Waals surface area contributed by atoms with E-state index in [0.29, 0.717) is 37.7 Å². The Bertz CT molecular complexity index is 536. The lowest BCUT2D eigenvalue weighted by atomic mass is 10.2. The molecule has 1 saturated heterocycles.